The second kappa shape index (κ2) is 4.26. The maximum Gasteiger partial charge on any atom is 0.0628 e. The summed E-state index contributed by atoms with van der Waals surface area (Å²) >= 11 is 0. The van der Waals surface area contributed by atoms with Gasteiger partial charge in [-0.15, -0.1) is 0 Å². The van der Waals surface area contributed by atoms with Gasteiger partial charge in [0.15, 0.2) is 0 Å². The minimum Gasteiger partial charge on any atom is -0.316 e. The number of rotatable bonds is 4. The highest BCUT2D eigenvalue weighted by Crippen LogP contribution is 2.50. The maximum absolute atomic E-state index is 8.92. The number of fused-ring (bicyclic) bond motifs is 1. The van der Waals surface area contributed by atoms with E-state index in [0.29, 0.717) is 5.41 Å². The van der Waals surface area contributed by atoms with Crippen molar-refractivity contribution in [2.45, 2.75) is 38.6 Å². The molecule has 3 fully saturated rings. The van der Waals surface area contributed by atoms with E-state index in [2.05, 4.69) is 23.2 Å². The van der Waals surface area contributed by atoms with Crippen LogP contribution in [0.5, 0.6) is 0 Å². The molecule has 94 valence electrons. The van der Waals surface area contributed by atoms with E-state index in [1.165, 1.54) is 45.4 Å². The zero-order valence-electron chi connectivity index (χ0n) is 10.8. The quantitative estimate of drug-likeness (QED) is 0.802. The third-order valence-corrected chi connectivity index (χ3v) is 5.19. The SMILES string of the molecule is CCC1C2CNCC2CN1CC1(CC#N)CC1. The summed E-state index contributed by atoms with van der Waals surface area (Å²) in [6.45, 7) is 7.20. The van der Waals surface area contributed by atoms with Crippen LogP contribution in [0.3, 0.4) is 0 Å². The number of hydrogen-bond donors (Lipinski definition) is 1. The Kier molecular flexibility index (Phi) is 2.88. The highest BCUT2D eigenvalue weighted by Gasteiger charge is 2.49. The second-order valence-corrected chi connectivity index (χ2v) is 6.32. The van der Waals surface area contributed by atoms with Gasteiger partial charge in [0.1, 0.15) is 0 Å². The Balaban J connectivity index is 1.66. The lowest BCUT2D eigenvalue weighted by Gasteiger charge is -2.29. The van der Waals surface area contributed by atoms with E-state index in [-0.39, 0.29) is 0 Å². The molecule has 3 unspecified atom stereocenters. The largest absolute Gasteiger partial charge is 0.316 e. The summed E-state index contributed by atoms with van der Waals surface area (Å²) in [6.07, 6.45) is 4.60. The zero-order chi connectivity index (χ0) is 11.9. The normalized spacial score (nSPS) is 38.9. The van der Waals surface area contributed by atoms with Crippen LogP contribution in [0.15, 0.2) is 0 Å². The Bertz CT molecular complexity index is 329. The summed E-state index contributed by atoms with van der Waals surface area (Å²) in [7, 11) is 0. The van der Waals surface area contributed by atoms with E-state index in [1.807, 2.05) is 0 Å². The molecular formula is C14H23N3. The predicted octanol–water partition coefficient (Wildman–Crippen LogP) is 1.61. The Morgan fingerprint density at radius 3 is 2.88 bits per heavy atom. The molecule has 0 radical (unpaired) electrons. The molecule has 3 heteroatoms. The molecule has 0 spiro atoms. The second-order valence-electron chi connectivity index (χ2n) is 6.32. The van der Waals surface area contributed by atoms with Crippen molar-refractivity contribution < 1.29 is 0 Å². The van der Waals surface area contributed by atoms with Gasteiger partial charge in [-0.05, 0) is 49.6 Å². The van der Waals surface area contributed by atoms with Gasteiger partial charge in [-0.2, -0.15) is 5.26 Å². The molecule has 0 aromatic carbocycles. The average molecular weight is 233 g/mol. The lowest BCUT2D eigenvalue weighted by Crippen LogP contribution is -2.38. The zero-order valence-corrected chi connectivity index (χ0v) is 10.8. The molecule has 1 saturated carbocycles. The van der Waals surface area contributed by atoms with E-state index >= 15 is 0 Å². The Hall–Kier alpha value is -0.590. The third-order valence-electron chi connectivity index (χ3n) is 5.19. The van der Waals surface area contributed by atoms with E-state index in [4.69, 9.17) is 5.26 Å². The highest BCUT2D eigenvalue weighted by molar-refractivity contribution is 5.05. The van der Waals surface area contributed by atoms with Gasteiger partial charge in [-0.3, -0.25) is 4.90 Å². The number of likely N-dealkylation sites (tertiary alicyclic amines) is 1. The molecule has 2 aliphatic heterocycles. The summed E-state index contributed by atoms with van der Waals surface area (Å²) in [6, 6.07) is 3.16. The first kappa shape index (κ1) is 11.5. The minimum absolute atomic E-state index is 0.383. The van der Waals surface area contributed by atoms with Crippen molar-refractivity contribution in [1.29, 1.82) is 5.26 Å². The first-order valence-corrected chi connectivity index (χ1v) is 7.10. The van der Waals surface area contributed by atoms with Crippen molar-refractivity contribution in [3.63, 3.8) is 0 Å². The molecule has 3 aliphatic rings. The van der Waals surface area contributed by atoms with Crippen molar-refractivity contribution in [2.75, 3.05) is 26.2 Å². The van der Waals surface area contributed by atoms with E-state index < -0.39 is 0 Å². The van der Waals surface area contributed by atoms with Crippen LogP contribution in [0.25, 0.3) is 0 Å². The van der Waals surface area contributed by atoms with Gasteiger partial charge in [0.05, 0.1) is 6.07 Å². The summed E-state index contributed by atoms with van der Waals surface area (Å²) in [5.41, 5.74) is 0.383. The van der Waals surface area contributed by atoms with Gasteiger partial charge in [0, 0.05) is 25.6 Å². The van der Waals surface area contributed by atoms with Crippen molar-refractivity contribution in [2.24, 2.45) is 17.3 Å². The standard InChI is InChI=1S/C14H23N3/c1-2-13-12-8-16-7-11(12)9-17(13)10-14(3-4-14)5-6-15/h11-13,16H,2-5,7-10H2,1H3. The van der Waals surface area contributed by atoms with Crippen LogP contribution >= 0.6 is 0 Å². The third kappa shape index (κ3) is 1.98. The first-order valence-electron chi connectivity index (χ1n) is 7.10. The summed E-state index contributed by atoms with van der Waals surface area (Å²) in [5.74, 6) is 1.75. The molecule has 3 rings (SSSR count). The fourth-order valence-electron chi connectivity index (χ4n) is 4.02. The minimum atomic E-state index is 0.383. The van der Waals surface area contributed by atoms with Crippen molar-refractivity contribution in [3.8, 4) is 6.07 Å². The topological polar surface area (TPSA) is 39.1 Å². The highest BCUT2D eigenvalue weighted by atomic mass is 15.2. The molecule has 2 saturated heterocycles. The lowest BCUT2D eigenvalue weighted by atomic mass is 9.92. The fourth-order valence-corrected chi connectivity index (χ4v) is 4.02. The number of nitriles is 1. The first-order chi connectivity index (χ1) is 8.28. The Morgan fingerprint density at radius 2 is 2.24 bits per heavy atom. The monoisotopic (exact) mass is 233 g/mol. The van der Waals surface area contributed by atoms with E-state index in [9.17, 15) is 0 Å². The molecule has 1 aliphatic carbocycles. The smallest absolute Gasteiger partial charge is 0.0628 e. The molecule has 0 aromatic rings. The van der Waals surface area contributed by atoms with Gasteiger partial charge in [-0.25, -0.2) is 0 Å². The molecule has 0 aromatic heterocycles. The van der Waals surface area contributed by atoms with E-state index in [1.54, 1.807) is 0 Å². The fraction of sp³-hybridized carbons (Fsp3) is 0.929. The van der Waals surface area contributed by atoms with Gasteiger partial charge >= 0.3 is 0 Å². The van der Waals surface area contributed by atoms with Gasteiger partial charge in [0.25, 0.3) is 0 Å². The molecule has 3 nitrogen and oxygen atoms in total. The number of nitrogens with zero attached hydrogens (tertiary/aromatic N) is 2. The molecule has 0 bridgehead atoms. The van der Waals surface area contributed by atoms with Gasteiger partial charge < -0.3 is 5.32 Å². The van der Waals surface area contributed by atoms with Crippen molar-refractivity contribution in [3.05, 3.63) is 0 Å². The molecule has 1 N–H and O–H groups in total. The summed E-state index contributed by atoms with van der Waals surface area (Å²) in [4.78, 5) is 2.71. The van der Waals surface area contributed by atoms with Crippen LogP contribution in [0.2, 0.25) is 0 Å². The maximum atomic E-state index is 8.92. The van der Waals surface area contributed by atoms with Crippen LogP contribution < -0.4 is 5.32 Å². The van der Waals surface area contributed by atoms with Gasteiger partial charge in [-0.1, -0.05) is 6.92 Å². The Labute approximate surface area is 104 Å². The average Bonchev–Trinajstić information content (AvgIpc) is 2.77. The number of hydrogen-bond acceptors (Lipinski definition) is 3. The van der Waals surface area contributed by atoms with Crippen LogP contribution in [-0.2, 0) is 0 Å². The summed E-state index contributed by atoms with van der Waals surface area (Å²) in [5, 5.41) is 12.5. The van der Waals surface area contributed by atoms with Gasteiger partial charge in [0.2, 0.25) is 0 Å². The summed E-state index contributed by atoms with van der Waals surface area (Å²) < 4.78 is 0. The lowest BCUT2D eigenvalue weighted by molar-refractivity contribution is 0.179. The van der Waals surface area contributed by atoms with Crippen molar-refractivity contribution in [1.82, 2.24) is 10.2 Å². The van der Waals surface area contributed by atoms with E-state index in [0.717, 1.165) is 24.3 Å². The molecular weight excluding hydrogens is 210 g/mol. The van der Waals surface area contributed by atoms with Crippen molar-refractivity contribution >= 4 is 0 Å². The van der Waals surface area contributed by atoms with Crippen LogP contribution in [0.4, 0.5) is 0 Å². The number of nitrogens with one attached hydrogen (secondary N) is 1. The Morgan fingerprint density at radius 1 is 1.41 bits per heavy atom. The molecule has 0 amide bonds. The van der Waals surface area contributed by atoms with Crippen LogP contribution in [-0.4, -0.2) is 37.1 Å². The predicted molar refractivity (Wildman–Crippen MR) is 67.4 cm³/mol. The van der Waals surface area contributed by atoms with Crippen LogP contribution in [0, 0.1) is 28.6 Å². The molecule has 2 heterocycles. The molecule has 17 heavy (non-hydrogen) atoms. The molecule has 3 atom stereocenters. The van der Waals surface area contributed by atoms with Crippen LogP contribution in [0.1, 0.15) is 32.6 Å².